The van der Waals surface area contributed by atoms with E-state index in [-0.39, 0.29) is 0 Å². The van der Waals surface area contributed by atoms with Gasteiger partial charge in [-0.05, 0) is 65.5 Å². The lowest BCUT2D eigenvalue weighted by molar-refractivity contribution is 0.582. The highest BCUT2D eigenvalue weighted by atomic mass is 19.1. The Labute approximate surface area is 135 Å². The predicted octanol–water partition coefficient (Wildman–Crippen LogP) is 5.86. The summed E-state index contributed by atoms with van der Waals surface area (Å²) in [6.07, 6.45) is 7.79. The lowest BCUT2D eigenvalue weighted by Gasteiger charge is -2.18. The highest BCUT2D eigenvalue weighted by molar-refractivity contribution is 5.69. The Morgan fingerprint density at radius 1 is 0.739 bits per heavy atom. The molecule has 0 heterocycles. The molecule has 2 aromatic rings. The molecule has 4 rings (SSSR count). The van der Waals surface area contributed by atoms with Gasteiger partial charge in [0.15, 0.2) is 0 Å². The molecule has 116 valence electrons. The first-order valence-electron chi connectivity index (χ1n) is 8.14. The van der Waals surface area contributed by atoms with Gasteiger partial charge in [0.05, 0.1) is 0 Å². The average molecular weight is 308 g/mol. The first-order valence-corrected chi connectivity index (χ1v) is 8.14. The molecule has 0 aromatic heterocycles. The Balaban J connectivity index is 1.76. The molecule has 0 spiro atoms. The molecule has 2 atom stereocenters. The van der Waals surface area contributed by atoms with Crippen molar-refractivity contribution in [3.05, 3.63) is 82.4 Å². The maximum absolute atomic E-state index is 13.4. The first-order chi connectivity index (χ1) is 11.2. The zero-order valence-electron chi connectivity index (χ0n) is 12.8. The van der Waals surface area contributed by atoms with Gasteiger partial charge in [0.25, 0.3) is 0 Å². The highest BCUT2D eigenvalue weighted by Gasteiger charge is 2.39. The van der Waals surface area contributed by atoms with E-state index in [1.807, 2.05) is 24.3 Å². The summed E-state index contributed by atoms with van der Waals surface area (Å²) in [7, 11) is 0. The molecule has 0 amide bonds. The number of allylic oxidation sites excluding steroid dienone is 2. The van der Waals surface area contributed by atoms with E-state index in [2.05, 4.69) is 18.2 Å². The van der Waals surface area contributed by atoms with Gasteiger partial charge in [-0.15, -0.1) is 0 Å². The van der Waals surface area contributed by atoms with Gasteiger partial charge in [-0.1, -0.05) is 42.5 Å². The summed E-state index contributed by atoms with van der Waals surface area (Å²) in [5, 5.41) is 0. The Kier molecular flexibility index (Phi) is 3.60. The molecule has 2 bridgehead atoms. The third-order valence-electron chi connectivity index (χ3n) is 4.97. The zero-order chi connectivity index (χ0) is 15.8. The largest absolute Gasteiger partial charge is 0.207 e. The van der Waals surface area contributed by atoms with Crippen LogP contribution in [-0.2, 0) is 0 Å². The van der Waals surface area contributed by atoms with Crippen molar-refractivity contribution in [1.29, 1.82) is 0 Å². The van der Waals surface area contributed by atoms with Crippen LogP contribution >= 0.6 is 0 Å². The van der Waals surface area contributed by atoms with Gasteiger partial charge in [-0.3, -0.25) is 0 Å². The molecular formula is C21H18F2. The van der Waals surface area contributed by atoms with Crippen molar-refractivity contribution >= 4 is 12.2 Å². The van der Waals surface area contributed by atoms with Gasteiger partial charge in [0, 0.05) is 6.07 Å². The first kappa shape index (κ1) is 14.4. The fraction of sp³-hybridized carbons (Fsp3) is 0.238. The number of rotatable bonds is 2. The molecule has 0 aliphatic heterocycles. The predicted molar refractivity (Wildman–Crippen MR) is 89.6 cm³/mol. The fourth-order valence-corrected chi connectivity index (χ4v) is 3.99. The third-order valence-corrected chi connectivity index (χ3v) is 4.97. The molecule has 0 unspecified atom stereocenters. The van der Waals surface area contributed by atoms with E-state index in [9.17, 15) is 8.78 Å². The van der Waals surface area contributed by atoms with Crippen LogP contribution in [-0.4, -0.2) is 0 Å². The molecule has 0 radical (unpaired) electrons. The zero-order valence-corrected chi connectivity index (χ0v) is 12.8. The number of benzene rings is 2. The average Bonchev–Trinajstić information content (AvgIpc) is 3.10. The summed E-state index contributed by atoms with van der Waals surface area (Å²) >= 11 is 0. The molecule has 2 fully saturated rings. The van der Waals surface area contributed by atoms with E-state index in [1.165, 1.54) is 48.1 Å². The molecule has 0 nitrogen and oxygen atoms in total. The summed E-state index contributed by atoms with van der Waals surface area (Å²) in [6.45, 7) is 0. The van der Waals surface area contributed by atoms with Crippen LogP contribution in [0.25, 0.3) is 12.2 Å². The molecular weight excluding hydrogens is 290 g/mol. The van der Waals surface area contributed by atoms with E-state index in [1.54, 1.807) is 0 Å². The van der Waals surface area contributed by atoms with E-state index < -0.39 is 11.6 Å². The van der Waals surface area contributed by atoms with Crippen LogP contribution in [0.4, 0.5) is 8.78 Å². The third kappa shape index (κ3) is 2.86. The van der Waals surface area contributed by atoms with Crippen molar-refractivity contribution in [2.45, 2.75) is 19.3 Å². The Morgan fingerprint density at radius 3 is 1.91 bits per heavy atom. The van der Waals surface area contributed by atoms with Crippen molar-refractivity contribution < 1.29 is 8.78 Å². The number of hydrogen-bond donors (Lipinski definition) is 0. The minimum atomic E-state index is -0.520. The summed E-state index contributed by atoms with van der Waals surface area (Å²) in [4.78, 5) is 0. The molecule has 0 N–H and O–H groups in total. The second kappa shape index (κ2) is 5.77. The Bertz CT molecular complexity index is 766. The molecule has 2 saturated carbocycles. The van der Waals surface area contributed by atoms with Crippen LogP contribution < -0.4 is 0 Å². The SMILES string of the molecule is Fc1cc(F)cc(/C=C2/C(=C/c3ccccc3)[C@@H]3CC[C@H]2C3)c1. The van der Waals surface area contributed by atoms with Crippen LogP contribution in [0.15, 0.2) is 59.7 Å². The van der Waals surface area contributed by atoms with Crippen molar-refractivity contribution in [2.75, 3.05) is 0 Å². The fourth-order valence-electron chi connectivity index (χ4n) is 3.99. The second-order valence-electron chi connectivity index (χ2n) is 6.52. The molecule has 0 saturated heterocycles. The van der Waals surface area contributed by atoms with E-state index in [0.717, 1.165) is 6.07 Å². The van der Waals surface area contributed by atoms with Gasteiger partial charge < -0.3 is 0 Å². The molecule has 2 heteroatoms. The summed E-state index contributed by atoms with van der Waals surface area (Å²) in [5.41, 5.74) is 4.41. The highest BCUT2D eigenvalue weighted by Crippen LogP contribution is 2.52. The van der Waals surface area contributed by atoms with Gasteiger partial charge in [0.2, 0.25) is 0 Å². The maximum atomic E-state index is 13.4. The van der Waals surface area contributed by atoms with Gasteiger partial charge in [-0.2, -0.15) is 0 Å². The molecule has 2 aliphatic carbocycles. The minimum absolute atomic E-state index is 0.520. The van der Waals surface area contributed by atoms with Crippen molar-refractivity contribution in [3.63, 3.8) is 0 Å². The van der Waals surface area contributed by atoms with Crippen molar-refractivity contribution in [1.82, 2.24) is 0 Å². The lowest BCUT2D eigenvalue weighted by Crippen LogP contribution is -2.02. The van der Waals surface area contributed by atoms with E-state index >= 15 is 0 Å². The smallest absolute Gasteiger partial charge is 0.126 e. The minimum Gasteiger partial charge on any atom is -0.207 e. The normalized spacial score (nSPS) is 26.3. The molecule has 2 aromatic carbocycles. The van der Waals surface area contributed by atoms with E-state index in [4.69, 9.17) is 0 Å². The van der Waals surface area contributed by atoms with Gasteiger partial charge >= 0.3 is 0 Å². The topological polar surface area (TPSA) is 0 Å². The van der Waals surface area contributed by atoms with Crippen LogP contribution in [0.2, 0.25) is 0 Å². The van der Waals surface area contributed by atoms with Crippen LogP contribution in [0, 0.1) is 23.5 Å². The van der Waals surface area contributed by atoms with Crippen molar-refractivity contribution in [2.24, 2.45) is 11.8 Å². The second-order valence-corrected chi connectivity index (χ2v) is 6.52. The Hall–Kier alpha value is -2.22. The van der Waals surface area contributed by atoms with Gasteiger partial charge in [0.1, 0.15) is 11.6 Å². The van der Waals surface area contributed by atoms with E-state index in [0.29, 0.717) is 17.4 Å². The van der Waals surface area contributed by atoms with Crippen LogP contribution in [0.1, 0.15) is 30.4 Å². The molecule has 2 aliphatic rings. The summed E-state index contributed by atoms with van der Waals surface area (Å²) in [5.74, 6) is 0.0772. The monoisotopic (exact) mass is 308 g/mol. The maximum Gasteiger partial charge on any atom is 0.126 e. The van der Waals surface area contributed by atoms with Crippen LogP contribution in [0.5, 0.6) is 0 Å². The standard InChI is InChI=1S/C21H18F2/c22-18-8-15(9-19(23)13-18)11-21-17-7-6-16(12-17)20(21)10-14-4-2-1-3-5-14/h1-5,8-11,13,16-17H,6-7,12H2/b20-10+,21-11+/t16-,17+/m1/s1. The van der Waals surface area contributed by atoms with Crippen molar-refractivity contribution in [3.8, 4) is 0 Å². The molecule has 23 heavy (non-hydrogen) atoms. The number of halogens is 2. The Morgan fingerprint density at radius 2 is 1.30 bits per heavy atom. The number of hydrogen-bond acceptors (Lipinski definition) is 0. The quantitative estimate of drug-likeness (QED) is 0.651. The van der Waals surface area contributed by atoms with Gasteiger partial charge in [-0.25, -0.2) is 8.78 Å². The summed E-state index contributed by atoms with van der Waals surface area (Å²) < 4.78 is 26.9. The lowest BCUT2D eigenvalue weighted by atomic mass is 9.87. The van der Waals surface area contributed by atoms with Crippen LogP contribution in [0.3, 0.4) is 0 Å². The number of fused-ring (bicyclic) bond motifs is 2. The summed E-state index contributed by atoms with van der Waals surface area (Å²) in [6, 6.07) is 14.0.